The minimum Gasteiger partial charge on any atom is -0.393 e. The molecule has 0 amide bonds. The fourth-order valence-corrected chi connectivity index (χ4v) is 4.25. The molecule has 3 N–H and O–H groups in total. The van der Waals surface area contributed by atoms with Crippen molar-refractivity contribution in [3.8, 4) is 0 Å². The largest absolute Gasteiger partial charge is 0.393 e. The molecule has 0 aliphatic heterocycles. The van der Waals surface area contributed by atoms with E-state index in [0.29, 0.717) is 16.3 Å². The molecule has 0 heterocycles. The van der Waals surface area contributed by atoms with E-state index in [2.05, 4.69) is 18.6 Å². The van der Waals surface area contributed by atoms with E-state index in [1.165, 1.54) is 0 Å². The SMILES string of the molecule is CC1(C)CCC(NS(=O)(=O)c2ccc(CC(N)=S)cc2)C1. The highest BCUT2D eigenvalue weighted by molar-refractivity contribution is 7.89. The summed E-state index contributed by atoms with van der Waals surface area (Å²) in [5, 5.41) is 0. The van der Waals surface area contributed by atoms with Crippen LogP contribution in [0.3, 0.4) is 0 Å². The van der Waals surface area contributed by atoms with Crippen LogP contribution in [-0.4, -0.2) is 19.4 Å². The van der Waals surface area contributed by atoms with Gasteiger partial charge in [0.05, 0.1) is 9.88 Å². The zero-order chi connectivity index (χ0) is 15.7. The molecule has 1 fully saturated rings. The number of rotatable bonds is 5. The summed E-state index contributed by atoms with van der Waals surface area (Å²) < 4.78 is 27.6. The molecule has 1 aromatic carbocycles. The summed E-state index contributed by atoms with van der Waals surface area (Å²) in [6.07, 6.45) is 3.31. The van der Waals surface area contributed by atoms with Gasteiger partial charge < -0.3 is 5.73 Å². The van der Waals surface area contributed by atoms with E-state index in [4.69, 9.17) is 18.0 Å². The van der Waals surface area contributed by atoms with Crippen molar-refractivity contribution >= 4 is 27.2 Å². The van der Waals surface area contributed by atoms with Crippen LogP contribution in [0.15, 0.2) is 29.2 Å². The minimum absolute atomic E-state index is 0.0290. The first-order chi connectivity index (χ1) is 9.68. The van der Waals surface area contributed by atoms with Gasteiger partial charge in [0.15, 0.2) is 0 Å². The van der Waals surface area contributed by atoms with Gasteiger partial charge in [-0.05, 0) is 42.4 Å². The van der Waals surface area contributed by atoms with Crippen LogP contribution < -0.4 is 10.5 Å². The average molecular weight is 326 g/mol. The second kappa shape index (κ2) is 6.02. The van der Waals surface area contributed by atoms with Crippen molar-refractivity contribution in [1.29, 1.82) is 0 Å². The molecule has 2 rings (SSSR count). The van der Waals surface area contributed by atoms with Crippen LogP contribution in [0.25, 0.3) is 0 Å². The molecule has 0 spiro atoms. The lowest BCUT2D eigenvalue weighted by atomic mass is 9.92. The van der Waals surface area contributed by atoms with Crippen LogP contribution in [0.5, 0.6) is 0 Å². The van der Waals surface area contributed by atoms with Crippen molar-refractivity contribution < 1.29 is 8.42 Å². The normalized spacial score (nSPS) is 21.3. The van der Waals surface area contributed by atoms with E-state index in [1.807, 2.05) is 0 Å². The summed E-state index contributed by atoms with van der Waals surface area (Å²) in [5.74, 6) is 0. The highest BCUT2D eigenvalue weighted by atomic mass is 32.2. The molecule has 4 nitrogen and oxygen atoms in total. The molecule has 1 aromatic rings. The summed E-state index contributed by atoms with van der Waals surface area (Å²) >= 11 is 4.85. The van der Waals surface area contributed by atoms with Crippen LogP contribution >= 0.6 is 12.2 Å². The maximum atomic E-state index is 12.4. The Morgan fingerprint density at radius 3 is 2.48 bits per heavy atom. The summed E-state index contributed by atoms with van der Waals surface area (Å²) in [5.41, 5.74) is 6.62. The lowest BCUT2D eigenvalue weighted by Gasteiger charge is -2.18. The van der Waals surface area contributed by atoms with Crippen LogP contribution in [0.2, 0.25) is 0 Å². The van der Waals surface area contributed by atoms with Crippen molar-refractivity contribution in [2.24, 2.45) is 11.1 Å². The van der Waals surface area contributed by atoms with Crippen molar-refractivity contribution in [1.82, 2.24) is 4.72 Å². The van der Waals surface area contributed by atoms with Crippen molar-refractivity contribution in [3.05, 3.63) is 29.8 Å². The Bertz CT molecular complexity index is 622. The molecule has 1 aliphatic rings. The highest BCUT2D eigenvalue weighted by Crippen LogP contribution is 2.37. The Hall–Kier alpha value is -0.980. The van der Waals surface area contributed by atoms with Gasteiger partial charge in [0.1, 0.15) is 0 Å². The third-order valence-corrected chi connectivity index (χ3v) is 5.58. The number of benzene rings is 1. The van der Waals surface area contributed by atoms with E-state index in [9.17, 15) is 8.42 Å². The molecular weight excluding hydrogens is 304 g/mol. The van der Waals surface area contributed by atoms with E-state index in [0.717, 1.165) is 24.8 Å². The maximum absolute atomic E-state index is 12.4. The van der Waals surface area contributed by atoms with Gasteiger partial charge >= 0.3 is 0 Å². The second-order valence-electron chi connectivity index (χ2n) is 6.51. The Morgan fingerprint density at radius 1 is 1.38 bits per heavy atom. The van der Waals surface area contributed by atoms with Gasteiger partial charge in [0.25, 0.3) is 0 Å². The number of hydrogen-bond donors (Lipinski definition) is 2. The third kappa shape index (κ3) is 4.49. The Balaban J connectivity index is 2.07. The highest BCUT2D eigenvalue weighted by Gasteiger charge is 2.33. The molecule has 21 heavy (non-hydrogen) atoms. The Labute approximate surface area is 132 Å². The Kier molecular flexibility index (Phi) is 4.70. The number of sulfonamides is 1. The van der Waals surface area contributed by atoms with Gasteiger partial charge in [-0.25, -0.2) is 13.1 Å². The quantitative estimate of drug-likeness (QED) is 0.815. The molecule has 1 saturated carbocycles. The topological polar surface area (TPSA) is 72.2 Å². The smallest absolute Gasteiger partial charge is 0.240 e. The van der Waals surface area contributed by atoms with Gasteiger partial charge in [-0.2, -0.15) is 0 Å². The van der Waals surface area contributed by atoms with Crippen LogP contribution in [-0.2, 0) is 16.4 Å². The molecule has 0 aromatic heterocycles. The standard InChI is InChI=1S/C15H22N2O2S2/c1-15(2)8-7-12(10-15)17-21(18,19)13-5-3-11(4-6-13)9-14(16)20/h3-6,12,17H,7-10H2,1-2H3,(H2,16,20). The first-order valence-electron chi connectivity index (χ1n) is 7.08. The lowest BCUT2D eigenvalue weighted by molar-refractivity contribution is 0.372. The zero-order valence-electron chi connectivity index (χ0n) is 12.4. The summed E-state index contributed by atoms with van der Waals surface area (Å²) in [6, 6.07) is 6.76. The van der Waals surface area contributed by atoms with Gasteiger partial charge in [0.2, 0.25) is 10.0 Å². The van der Waals surface area contributed by atoms with E-state index >= 15 is 0 Å². The molecule has 1 unspecified atom stereocenters. The van der Waals surface area contributed by atoms with Gasteiger partial charge in [0, 0.05) is 12.5 Å². The summed E-state index contributed by atoms with van der Waals surface area (Å²) in [7, 11) is -3.45. The molecule has 1 atom stereocenters. The van der Waals surface area contributed by atoms with Crippen molar-refractivity contribution in [2.45, 2.75) is 50.5 Å². The Morgan fingerprint density at radius 2 is 2.00 bits per heavy atom. The van der Waals surface area contributed by atoms with Crippen LogP contribution in [0.1, 0.15) is 38.7 Å². The van der Waals surface area contributed by atoms with Crippen molar-refractivity contribution in [3.63, 3.8) is 0 Å². The summed E-state index contributed by atoms with van der Waals surface area (Å²) in [6.45, 7) is 4.34. The fourth-order valence-electron chi connectivity index (χ4n) is 2.81. The molecule has 116 valence electrons. The second-order valence-corrected chi connectivity index (χ2v) is 8.75. The first kappa shape index (κ1) is 16.4. The molecule has 6 heteroatoms. The lowest BCUT2D eigenvalue weighted by Crippen LogP contribution is -2.33. The number of hydrogen-bond acceptors (Lipinski definition) is 3. The van der Waals surface area contributed by atoms with Crippen LogP contribution in [0, 0.1) is 5.41 Å². The summed E-state index contributed by atoms with van der Waals surface area (Å²) in [4.78, 5) is 0.691. The number of nitrogens with two attached hydrogens (primary N) is 1. The molecule has 0 saturated heterocycles. The first-order valence-corrected chi connectivity index (χ1v) is 8.97. The number of nitrogens with one attached hydrogen (secondary N) is 1. The molecule has 0 bridgehead atoms. The van der Waals surface area contributed by atoms with Crippen LogP contribution in [0.4, 0.5) is 0 Å². The third-order valence-electron chi connectivity index (χ3n) is 3.90. The molecular formula is C15H22N2O2S2. The van der Waals surface area contributed by atoms with Crippen molar-refractivity contribution in [2.75, 3.05) is 0 Å². The van der Waals surface area contributed by atoms with E-state index < -0.39 is 10.0 Å². The minimum atomic E-state index is -3.45. The molecule has 1 aliphatic carbocycles. The predicted octanol–water partition coefficient (Wildman–Crippen LogP) is 2.37. The monoisotopic (exact) mass is 326 g/mol. The van der Waals surface area contributed by atoms with Gasteiger partial charge in [-0.15, -0.1) is 0 Å². The zero-order valence-corrected chi connectivity index (χ0v) is 14.1. The van der Waals surface area contributed by atoms with Gasteiger partial charge in [-0.1, -0.05) is 38.2 Å². The fraction of sp³-hybridized carbons (Fsp3) is 0.533. The predicted molar refractivity (Wildman–Crippen MR) is 88.7 cm³/mol. The number of thiocarbonyl (C=S) groups is 1. The van der Waals surface area contributed by atoms with E-state index in [-0.39, 0.29) is 11.5 Å². The van der Waals surface area contributed by atoms with E-state index in [1.54, 1.807) is 24.3 Å². The maximum Gasteiger partial charge on any atom is 0.240 e. The van der Waals surface area contributed by atoms with Gasteiger partial charge in [-0.3, -0.25) is 0 Å². The molecule has 0 radical (unpaired) electrons. The average Bonchev–Trinajstić information content (AvgIpc) is 2.67.